The Balaban J connectivity index is 2.29. The van der Waals surface area contributed by atoms with E-state index in [-0.39, 0.29) is 0 Å². The number of aromatic nitrogens is 1. The highest BCUT2D eigenvalue weighted by molar-refractivity contribution is 7.98. The second-order valence-electron chi connectivity index (χ2n) is 3.49. The average Bonchev–Trinajstić information content (AvgIpc) is 2.61. The summed E-state index contributed by atoms with van der Waals surface area (Å²) in [6.07, 6.45) is 4.12. The molecule has 1 aromatic rings. The standard InChI is InChI=1S/C10H18N2S2/c1-8(2)10-12-7-9(14-10)6-11-4-5-13-3/h7-8,11H,4-6H2,1-3H3. The van der Waals surface area contributed by atoms with E-state index in [0.717, 1.165) is 13.1 Å². The van der Waals surface area contributed by atoms with Gasteiger partial charge >= 0.3 is 0 Å². The van der Waals surface area contributed by atoms with Crippen LogP contribution in [0.4, 0.5) is 0 Å². The van der Waals surface area contributed by atoms with Crippen LogP contribution in [0, 0.1) is 0 Å². The molecule has 0 fully saturated rings. The summed E-state index contributed by atoms with van der Waals surface area (Å²) in [6.45, 7) is 6.41. The molecule has 1 heterocycles. The first-order valence-corrected chi connectivity index (χ1v) is 7.09. The third kappa shape index (κ3) is 3.98. The molecule has 14 heavy (non-hydrogen) atoms. The van der Waals surface area contributed by atoms with Crippen molar-refractivity contribution in [2.24, 2.45) is 0 Å². The van der Waals surface area contributed by atoms with Gasteiger partial charge in [-0.25, -0.2) is 4.98 Å². The minimum absolute atomic E-state index is 0.556. The van der Waals surface area contributed by atoms with Crippen LogP contribution in [0.2, 0.25) is 0 Å². The van der Waals surface area contributed by atoms with Gasteiger partial charge in [0.1, 0.15) is 0 Å². The lowest BCUT2D eigenvalue weighted by Crippen LogP contribution is -2.15. The fraction of sp³-hybridized carbons (Fsp3) is 0.700. The molecule has 0 aliphatic carbocycles. The van der Waals surface area contributed by atoms with Crippen molar-refractivity contribution in [3.63, 3.8) is 0 Å². The summed E-state index contributed by atoms with van der Waals surface area (Å²) in [7, 11) is 0. The van der Waals surface area contributed by atoms with Gasteiger partial charge in [0.15, 0.2) is 0 Å². The molecule has 1 N–H and O–H groups in total. The van der Waals surface area contributed by atoms with Gasteiger partial charge in [-0.15, -0.1) is 11.3 Å². The summed E-state index contributed by atoms with van der Waals surface area (Å²) < 4.78 is 0. The molecule has 0 saturated carbocycles. The van der Waals surface area contributed by atoms with Gasteiger partial charge in [0.2, 0.25) is 0 Å². The monoisotopic (exact) mass is 230 g/mol. The van der Waals surface area contributed by atoms with Crippen LogP contribution in [-0.2, 0) is 6.54 Å². The highest BCUT2D eigenvalue weighted by atomic mass is 32.2. The maximum atomic E-state index is 4.39. The van der Waals surface area contributed by atoms with E-state index >= 15 is 0 Å². The van der Waals surface area contributed by atoms with E-state index in [1.807, 2.05) is 29.3 Å². The van der Waals surface area contributed by atoms with Crippen LogP contribution in [0.15, 0.2) is 6.20 Å². The molecule has 2 nitrogen and oxygen atoms in total. The Morgan fingerprint density at radius 3 is 2.93 bits per heavy atom. The minimum atomic E-state index is 0.556. The Bertz CT molecular complexity index is 258. The molecule has 0 atom stereocenters. The number of hydrogen-bond donors (Lipinski definition) is 1. The van der Waals surface area contributed by atoms with E-state index in [9.17, 15) is 0 Å². The van der Waals surface area contributed by atoms with Gasteiger partial charge in [0.25, 0.3) is 0 Å². The molecule has 0 unspecified atom stereocenters. The van der Waals surface area contributed by atoms with Gasteiger partial charge < -0.3 is 5.32 Å². The molecule has 0 aromatic carbocycles. The van der Waals surface area contributed by atoms with Gasteiger partial charge in [-0.3, -0.25) is 0 Å². The molecule has 0 amide bonds. The van der Waals surface area contributed by atoms with Gasteiger partial charge in [-0.2, -0.15) is 11.8 Å². The predicted octanol–water partition coefficient (Wildman–Crippen LogP) is 2.72. The molecular formula is C10H18N2S2. The van der Waals surface area contributed by atoms with E-state index in [2.05, 4.69) is 30.4 Å². The molecule has 0 aliphatic heterocycles. The lowest BCUT2D eigenvalue weighted by Gasteiger charge is -2.00. The van der Waals surface area contributed by atoms with E-state index in [4.69, 9.17) is 0 Å². The summed E-state index contributed by atoms with van der Waals surface area (Å²) in [5.74, 6) is 1.73. The lowest BCUT2D eigenvalue weighted by molar-refractivity contribution is 0.740. The van der Waals surface area contributed by atoms with Crippen molar-refractivity contribution in [3.05, 3.63) is 16.1 Å². The molecular weight excluding hydrogens is 212 g/mol. The highest BCUT2D eigenvalue weighted by Crippen LogP contribution is 2.20. The van der Waals surface area contributed by atoms with Gasteiger partial charge in [-0.05, 0) is 6.26 Å². The van der Waals surface area contributed by atoms with Crippen LogP contribution in [0.25, 0.3) is 0 Å². The van der Waals surface area contributed by atoms with Crippen molar-refractivity contribution in [1.29, 1.82) is 0 Å². The van der Waals surface area contributed by atoms with E-state index in [0.29, 0.717) is 5.92 Å². The SMILES string of the molecule is CSCCNCc1cnc(C(C)C)s1. The van der Waals surface area contributed by atoms with Crippen molar-refractivity contribution in [2.75, 3.05) is 18.6 Å². The molecule has 0 aliphatic rings. The Morgan fingerprint density at radius 1 is 1.57 bits per heavy atom. The summed E-state index contributed by atoms with van der Waals surface area (Å²) in [5, 5.41) is 4.65. The smallest absolute Gasteiger partial charge is 0.0953 e. The maximum Gasteiger partial charge on any atom is 0.0953 e. The van der Waals surface area contributed by atoms with Crippen molar-refractivity contribution < 1.29 is 0 Å². The van der Waals surface area contributed by atoms with E-state index in [1.54, 1.807) is 0 Å². The van der Waals surface area contributed by atoms with Crippen LogP contribution in [0.1, 0.15) is 29.7 Å². The van der Waals surface area contributed by atoms with E-state index in [1.165, 1.54) is 15.6 Å². The van der Waals surface area contributed by atoms with Crippen LogP contribution in [0.3, 0.4) is 0 Å². The fourth-order valence-corrected chi connectivity index (χ4v) is 2.29. The predicted molar refractivity (Wildman–Crippen MR) is 66.3 cm³/mol. The van der Waals surface area contributed by atoms with Crippen LogP contribution < -0.4 is 5.32 Å². The van der Waals surface area contributed by atoms with Crippen molar-refractivity contribution in [2.45, 2.75) is 26.3 Å². The number of nitrogens with zero attached hydrogens (tertiary/aromatic N) is 1. The molecule has 0 spiro atoms. The van der Waals surface area contributed by atoms with Crippen LogP contribution in [0.5, 0.6) is 0 Å². The quantitative estimate of drug-likeness (QED) is 0.761. The Kier molecular flexibility index (Phi) is 5.52. The third-order valence-electron chi connectivity index (χ3n) is 1.85. The summed E-state index contributed by atoms with van der Waals surface area (Å²) in [4.78, 5) is 5.73. The van der Waals surface area contributed by atoms with Crippen LogP contribution >= 0.6 is 23.1 Å². The zero-order valence-electron chi connectivity index (χ0n) is 9.04. The number of thioether (sulfide) groups is 1. The van der Waals surface area contributed by atoms with E-state index < -0.39 is 0 Å². The van der Waals surface area contributed by atoms with Crippen LogP contribution in [-0.4, -0.2) is 23.5 Å². The number of nitrogens with one attached hydrogen (secondary N) is 1. The molecule has 4 heteroatoms. The van der Waals surface area contributed by atoms with Crippen molar-refractivity contribution in [1.82, 2.24) is 10.3 Å². The third-order valence-corrected chi connectivity index (χ3v) is 3.76. The van der Waals surface area contributed by atoms with Crippen molar-refractivity contribution >= 4 is 23.1 Å². The second kappa shape index (κ2) is 6.43. The maximum absolute atomic E-state index is 4.39. The molecule has 0 saturated heterocycles. The summed E-state index contributed by atoms with van der Waals surface area (Å²) in [5.41, 5.74) is 0. The Labute approximate surface area is 94.5 Å². The lowest BCUT2D eigenvalue weighted by atomic mass is 10.2. The van der Waals surface area contributed by atoms with Gasteiger partial charge in [0, 0.05) is 35.8 Å². The topological polar surface area (TPSA) is 24.9 Å². The second-order valence-corrected chi connectivity index (χ2v) is 5.62. The first-order valence-electron chi connectivity index (χ1n) is 4.88. The molecule has 0 bridgehead atoms. The first kappa shape index (κ1) is 12.0. The minimum Gasteiger partial charge on any atom is -0.311 e. The molecule has 1 rings (SSSR count). The first-order chi connectivity index (χ1) is 6.74. The number of hydrogen-bond acceptors (Lipinski definition) is 4. The average molecular weight is 230 g/mol. The highest BCUT2D eigenvalue weighted by Gasteiger charge is 2.04. The van der Waals surface area contributed by atoms with Crippen molar-refractivity contribution in [3.8, 4) is 0 Å². The van der Waals surface area contributed by atoms with Gasteiger partial charge in [-0.1, -0.05) is 13.8 Å². The normalized spacial score (nSPS) is 11.1. The largest absolute Gasteiger partial charge is 0.311 e. The number of thiazole rings is 1. The molecule has 0 radical (unpaired) electrons. The van der Waals surface area contributed by atoms with Gasteiger partial charge in [0.05, 0.1) is 5.01 Å². The number of rotatable bonds is 6. The summed E-state index contributed by atoms with van der Waals surface area (Å²) >= 11 is 3.69. The zero-order chi connectivity index (χ0) is 10.4. The molecule has 1 aromatic heterocycles. The molecule has 80 valence electrons. The summed E-state index contributed by atoms with van der Waals surface area (Å²) in [6, 6.07) is 0. The Hall–Kier alpha value is -0.0600. The Morgan fingerprint density at radius 2 is 2.36 bits per heavy atom. The fourth-order valence-electron chi connectivity index (χ4n) is 1.06. The zero-order valence-corrected chi connectivity index (χ0v) is 10.7.